The van der Waals surface area contributed by atoms with Gasteiger partial charge in [-0.05, 0) is 23.6 Å². The minimum Gasteiger partial charge on any atom is -0.287 e. The normalized spacial score (nSPS) is 10.7. The minimum atomic E-state index is -0.784. The summed E-state index contributed by atoms with van der Waals surface area (Å²) in [6.45, 7) is 0. The van der Waals surface area contributed by atoms with E-state index in [1.807, 2.05) is 12.1 Å². The van der Waals surface area contributed by atoms with Gasteiger partial charge < -0.3 is 0 Å². The summed E-state index contributed by atoms with van der Waals surface area (Å²) in [5.41, 5.74) is 0.138. The quantitative estimate of drug-likeness (QED) is 0.663. The van der Waals surface area contributed by atoms with E-state index >= 15 is 0 Å². The van der Waals surface area contributed by atoms with E-state index in [1.165, 1.54) is 6.20 Å². The lowest BCUT2D eigenvalue weighted by Gasteiger charge is -2.05. The number of carbonyl (C=O) groups excluding carboxylic acids is 1. The van der Waals surface area contributed by atoms with E-state index in [0.717, 1.165) is 23.6 Å². The second-order valence-corrected chi connectivity index (χ2v) is 4.37. The summed E-state index contributed by atoms with van der Waals surface area (Å²) in [6.07, 6.45) is 1.51. The third-order valence-corrected chi connectivity index (χ3v) is 3.01. The van der Waals surface area contributed by atoms with Gasteiger partial charge in [0.25, 0.3) is 0 Å². The minimum absolute atomic E-state index is 0.0497. The van der Waals surface area contributed by atoms with E-state index in [-0.39, 0.29) is 11.3 Å². The van der Waals surface area contributed by atoms with Gasteiger partial charge in [0.05, 0.1) is 0 Å². The van der Waals surface area contributed by atoms with Crippen molar-refractivity contribution in [3.05, 3.63) is 77.6 Å². The van der Waals surface area contributed by atoms with Crippen LogP contribution in [0.3, 0.4) is 0 Å². The second-order valence-electron chi connectivity index (χ2n) is 4.37. The standard InChI is InChI=1S/C16H9F2NO/c17-12-7-11(8-13(18)9-12)16(20)15-14-4-2-1-3-10(14)5-6-19-15/h1-9H. The van der Waals surface area contributed by atoms with Gasteiger partial charge in [0.1, 0.15) is 17.3 Å². The van der Waals surface area contributed by atoms with E-state index in [2.05, 4.69) is 4.98 Å². The smallest absolute Gasteiger partial charge is 0.212 e. The molecule has 0 N–H and O–H groups in total. The lowest BCUT2D eigenvalue weighted by atomic mass is 10.0. The van der Waals surface area contributed by atoms with Gasteiger partial charge in [-0.15, -0.1) is 0 Å². The van der Waals surface area contributed by atoms with Gasteiger partial charge in [-0.2, -0.15) is 0 Å². The van der Waals surface area contributed by atoms with E-state index in [0.29, 0.717) is 5.39 Å². The zero-order valence-electron chi connectivity index (χ0n) is 10.3. The van der Waals surface area contributed by atoms with Gasteiger partial charge in [-0.3, -0.25) is 9.78 Å². The molecule has 0 fully saturated rings. The van der Waals surface area contributed by atoms with Crippen LogP contribution in [0.15, 0.2) is 54.7 Å². The largest absolute Gasteiger partial charge is 0.287 e. The molecule has 0 atom stereocenters. The van der Waals surface area contributed by atoms with Crippen molar-refractivity contribution in [2.45, 2.75) is 0 Å². The van der Waals surface area contributed by atoms with Crippen molar-refractivity contribution in [1.29, 1.82) is 0 Å². The number of pyridine rings is 1. The number of hydrogen-bond donors (Lipinski definition) is 0. The summed E-state index contributed by atoms with van der Waals surface area (Å²) >= 11 is 0. The molecule has 3 rings (SSSR count). The van der Waals surface area contributed by atoms with E-state index < -0.39 is 17.4 Å². The first-order chi connectivity index (χ1) is 9.65. The Morgan fingerprint density at radius 2 is 1.65 bits per heavy atom. The molecular weight excluding hydrogens is 260 g/mol. The fourth-order valence-electron chi connectivity index (χ4n) is 2.12. The SMILES string of the molecule is O=C(c1cc(F)cc(F)c1)c1nccc2ccccc12. The highest BCUT2D eigenvalue weighted by Crippen LogP contribution is 2.20. The van der Waals surface area contributed by atoms with Crippen molar-refractivity contribution >= 4 is 16.6 Å². The van der Waals surface area contributed by atoms with Crippen molar-refractivity contribution in [2.24, 2.45) is 0 Å². The van der Waals surface area contributed by atoms with Crippen molar-refractivity contribution in [3.8, 4) is 0 Å². The van der Waals surface area contributed by atoms with Crippen LogP contribution in [-0.2, 0) is 0 Å². The Balaban J connectivity index is 2.17. The predicted molar refractivity (Wildman–Crippen MR) is 71.5 cm³/mol. The molecule has 2 aromatic carbocycles. The van der Waals surface area contributed by atoms with Gasteiger partial charge in [-0.25, -0.2) is 8.78 Å². The monoisotopic (exact) mass is 269 g/mol. The van der Waals surface area contributed by atoms with Crippen LogP contribution in [0.2, 0.25) is 0 Å². The number of ketones is 1. The number of nitrogens with zero attached hydrogens (tertiary/aromatic N) is 1. The molecule has 0 bridgehead atoms. The summed E-state index contributed by atoms with van der Waals surface area (Å²) in [7, 11) is 0. The predicted octanol–water partition coefficient (Wildman–Crippen LogP) is 3.74. The lowest BCUT2D eigenvalue weighted by molar-refractivity contribution is 0.103. The average Bonchev–Trinajstić information content (AvgIpc) is 2.45. The van der Waals surface area contributed by atoms with Crippen LogP contribution in [0.1, 0.15) is 16.1 Å². The maximum Gasteiger partial charge on any atom is 0.212 e. The first-order valence-corrected chi connectivity index (χ1v) is 6.00. The molecule has 0 amide bonds. The lowest BCUT2D eigenvalue weighted by Crippen LogP contribution is -2.06. The third kappa shape index (κ3) is 2.16. The summed E-state index contributed by atoms with van der Waals surface area (Å²) in [5.74, 6) is -2.07. The van der Waals surface area contributed by atoms with Crippen LogP contribution < -0.4 is 0 Å². The van der Waals surface area contributed by atoms with Crippen LogP contribution >= 0.6 is 0 Å². The zero-order valence-corrected chi connectivity index (χ0v) is 10.3. The zero-order chi connectivity index (χ0) is 14.1. The van der Waals surface area contributed by atoms with E-state index in [1.54, 1.807) is 18.2 Å². The fourth-order valence-corrected chi connectivity index (χ4v) is 2.12. The van der Waals surface area contributed by atoms with Gasteiger partial charge in [0.15, 0.2) is 0 Å². The second kappa shape index (κ2) is 4.81. The number of carbonyl (C=O) groups is 1. The van der Waals surface area contributed by atoms with E-state index in [4.69, 9.17) is 0 Å². The van der Waals surface area contributed by atoms with Gasteiger partial charge in [0.2, 0.25) is 5.78 Å². The molecule has 0 unspecified atom stereocenters. The van der Waals surface area contributed by atoms with Crippen molar-refractivity contribution in [1.82, 2.24) is 4.98 Å². The molecule has 0 aliphatic rings. The first kappa shape index (κ1) is 12.4. The van der Waals surface area contributed by atoms with Crippen LogP contribution in [-0.4, -0.2) is 10.8 Å². The number of rotatable bonds is 2. The fraction of sp³-hybridized carbons (Fsp3) is 0. The first-order valence-electron chi connectivity index (χ1n) is 6.00. The van der Waals surface area contributed by atoms with Gasteiger partial charge in [0, 0.05) is 23.2 Å². The molecule has 0 spiro atoms. The average molecular weight is 269 g/mol. The topological polar surface area (TPSA) is 30.0 Å². The molecule has 0 saturated heterocycles. The highest BCUT2D eigenvalue weighted by atomic mass is 19.1. The maximum atomic E-state index is 13.2. The van der Waals surface area contributed by atoms with Crippen molar-refractivity contribution < 1.29 is 13.6 Å². The Bertz CT molecular complexity index is 789. The summed E-state index contributed by atoms with van der Waals surface area (Å²) in [4.78, 5) is 16.4. The van der Waals surface area contributed by atoms with Crippen molar-refractivity contribution in [3.63, 3.8) is 0 Å². The molecule has 0 aliphatic heterocycles. The summed E-state index contributed by atoms with van der Waals surface area (Å²) in [6, 6.07) is 11.8. The number of halogens is 2. The Morgan fingerprint density at radius 3 is 2.40 bits per heavy atom. The Labute approximate surface area is 113 Å². The molecule has 3 aromatic rings. The maximum absolute atomic E-state index is 13.2. The number of fused-ring (bicyclic) bond motifs is 1. The molecule has 2 nitrogen and oxygen atoms in total. The Kier molecular flexibility index (Phi) is 2.99. The molecule has 0 aliphatic carbocycles. The molecule has 1 heterocycles. The highest BCUT2D eigenvalue weighted by Gasteiger charge is 2.15. The van der Waals surface area contributed by atoms with Crippen LogP contribution in [0.25, 0.3) is 10.8 Å². The molecular formula is C16H9F2NO. The third-order valence-electron chi connectivity index (χ3n) is 3.01. The number of hydrogen-bond acceptors (Lipinski definition) is 2. The number of aromatic nitrogens is 1. The molecule has 98 valence electrons. The Morgan fingerprint density at radius 1 is 0.950 bits per heavy atom. The molecule has 20 heavy (non-hydrogen) atoms. The highest BCUT2D eigenvalue weighted by molar-refractivity contribution is 6.14. The molecule has 0 saturated carbocycles. The summed E-state index contributed by atoms with van der Waals surface area (Å²) < 4.78 is 26.4. The van der Waals surface area contributed by atoms with Gasteiger partial charge >= 0.3 is 0 Å². The summed E-state index contributed by atoms with van der Waals surface area (Å²) in [5, 5.41) is 1.51. The van der Waals surface area contributed by atoms with Crippen LogP contribution in [0.5, 0.6) is 0 Å². The molecule has 4 heteroatoms. The van der Waals surface area contributed by atoms with Crippen LogP contribution in [0.4, 0.5) is 8.78 Å². The van der Waals surface area contributed by atoms with Crippen molar-refractivity contribution in [2.75, 3.05) is 0 Å². The molecule has 0 radical (unpaired) electrons. The number of benzene rings is 2. The molecule has 1 aromatic heterocycles. The van der Waals surface area contributed by atoms with Gasteiger partial charge in [-0.1, -0.05) is 24.3 Å². The van der Waals surface area contributed by atoms with Crippen LogP contribution in [0, 0.1) is 11.6 Å². The Hall–Kier alpha value is -2.62. The van der Waals surface area contributed by atoms with E-state index in [9.17, 15) is 13.6 Å².